The van der Waals surface area contributed by atoms with Gasteiger partial charge >= 0.3 is 0 Å². The molecule has 0 aromatic heterocycles. The van der Waals surface area contributed by atoms with Crippen molar-refractivity contribution in [1.82, 2.24) is 4.31 Å². The van der Waals surface area contributed by atoms with Crippen LogP contribution in [0.5, 0.6) is 5.75 Å². The second-order valence-corrected chi connectivity index (χ2v) is 7.04. The van der Waals surface area contributed by atoms with Crippen molar-refractivity contribution in [2.75, 3.05) is 26.5 Å². The van der Waals surface area contributed by atoms with Gasteiger partial charge in [-0.15, -0.1) is 0 Å². The molecule has 110 valence electrons. The molecule has 0 spiro atoms. The Kier molecular flexibility index (Phi) is 4.45. The molecule has 1 aromatic carbocycles. The maximum Gasteiger partial charge on any atom is 0.211 e. The number of hydrogen-bond donors (Lipinski definition) is 0. The highest BCUT2D eigenvalue weighted by atomic mass is 32.2. The van der Waals surface area contributed by atoms with Crippen molar-refractivity contribution in [1.29, 1.82) is 0 Å². The van der Waals surface area contributed by atoms with Crippen LogP contribution in [0.4, 0.5) is 0 Å². The number of sulfonamides is 1. The molecule has 0 aliphatic carbocycles. The standard InChI is InChI=1S/C14H19NO4S/c1-19-13-7-5-11(6-8-13)14(16)12-4-3-9-15(10-12)20(2,17)18/h5-8,12H,3-4,9-10H2,1-2H3. The van der Waals surface area contributed by atoms with E-state index in [1.807, 2.05) is 0 Å². The molecule has 6 heteroatoms. The van der Waals surface area contributed by atoms with Crippen molar-refractivity contribution in [3.8, 4) is 5.75 Å². The number of hydrogen-bond acceptors (Lipinski definition) is 4. The molecule has 20 heavy (non-hydrogen) atoms. The predicted octanol–water partition coefficient (Wildman–Crippen LogP) is 1.55. The zero-order valence-electron chi connectivity index (χ0n) is 11.7. The van der Waals surface area contributed by atoms with Crippen LogP contribution in [0, 0.1) is 5.92 Å². The normalized spacial score (nSPS) is 20.6. The molecule has 1 atom stereocenters. The van der Waals surface area contributed by atoms with E-state index in [-0.39, 0.29) is 18.2 Å². The molecule has 5 nitrogen and oxygen atoms in total. The van der Waals surface area contributed by atoms with E-state index < -0.39 is 10.0 Å². The van der Waals surface area contributed by atoms with Crippen LogP contribution in [-0.2, 0) is 10.0 Å². The topological polar surface area (TPSA) is 63.7 Å². The van der Waals surface area contributed by atoms with Gasteiger partial charge in [-0.25, -0.2) is 12.7 Å². The Bertz CT molecular complexity index is 580. The Balaban J connectivity index is 2.12. The first-order valence-electron chi connectivity index (χ1n) is 6.55. The summed E-state index contributed by atoms with van der Waals surface area (Å²) in [5.74, 6) is 0.441. The summed E-state index contributed by atoms with van der Waals surface area (Å²) in [5, 5.41) is 0. The van der Waals surface area contributed by atoms with E-state index >= 15 is 0 Å². The minimum absolute atomic E-state index is 0.000929. The molecule has 0 radical (unpaired) electrons. The zero-order chi connectivity index (χ0) is 14.8. The molecule has 1 aromatic rings. The summed E-state index contributed by atoms with van der Waals surface area (Å²) in [6, 6.07) is 6.93. The molecule has 1 heterocycles. The van der Waals surface area contributed by atoms with E-state index in [1.54, 1.807) is 31.4 Å². The summed E-state index contributed by atoms with van der Waals surface area (Å²) >= 11 is 0. The Hall–Kier alpha value is -1.40. The number of carbonyl (C=O) groups is 1. The number of carbonyl (C=O) groups excluding carboxylic acids is 1. The van der Waals surface area contributed by atoms with Crippen molar-refractivity contribution in [3.05, 3.63) is 29.8 Å². The van der Waals surface area contributed by atoms with Crippen molar-refractivity contribution in [3.63, 3.8) is 0 Å². The molecule has 1 unspecified atom stereocenters. The summed E-state index contributed by atoms with van der Waals surface area (Å²) in [7, 11) is -1.65. The number of piperidine rings is 1. The average Bonchev–Trinajstić information content (AvgIpc) is 2.46. The van der Waals surface area contributed by atoms with E-state index in [0.29, 0.717) is 17.9 Å². The monoisotopic (exact) mass is 297 g/mol. The molecule has 0 N–H and O–H groups in total. The van der Waals surface area contributed by atoms with Gasteiger partial charge in [-0.1, -0.05) is 0 Å². The van der Waals surface area contributed by atoms with Gasteiger partial charge in [0.15, 0.2) is 5.78 Å². The first-order chi connectivity index (χ1) is 9.41. The minimum atomic E-state index is -3.22. The van der Waals surface area contributed by atoms with Crippen LogP contribution in [0.25, 0.3) is 0 Å². The van der Waals surface area contributed by atoms with Crippen molar-refractivity contribution >= 4 is 15.8 Å². The van der Waals surface area contributed by atoms with Gasteiger partial charge in [0.1, 0.15) is 5.75 Å². The number of nitrogens with zero attached hydrogens (tertiary/aromatic N) is 1. The van der Waals surface area contributed by atoms with Crippen LogP contribution in [0.1, 0.15) is 23.2 Å². The quantitative estimate of drug-likeness (QED) is 0.791. The molecular weight excluding hydrogens is 278 g/mol. The predicted molar refractivity (Wildman–Crippen MR) is 76.5 cm³/mol. The summed E-state index contributed by atoms with van der Waals surface area (Å²) in [6.45, 7) is 0.787. The Morgan fingerprint density at radius 1 is 1.30 bits per heavy atom. The van der Waals surface area contributed by atoms with Crippen molar-refractivity contribution < 1.29 is 17.9 Å². The summed E-state index contributed by atoms with van der Waals surface area (Å²) in [6.07, 6.45) is 2.64. The molecule has 1 saturated heterocycles. The maximum absolute atomic E-state index is 12.4. The fraction of sp³-hybridized carbons (Fsp3) is 0.500. The average molecular weight is 297 g/mol. The van der Waals surface area contributed by atoms with Crippen LogP contribution in [0.2, 0.25) is 0 Å². The number of ether oxygens (including phenoxy) is 1. The first kappa shape index (κ1) is 15.0. The van der Waals surface area contributed by atoms with E-state index in [2.05, 4.69) is 0 Å². The van der Waals surface area contributed by atoms with Gasteiger partial charge in [0.2, 0.25) is 10.0 Å². The van der Waals surface area contributed by atoms with Gasteiger partial charge in [0, 0.05) is 24.6 Å². The summed E-state index contributed by atoms with van der Waals surface area (Å²) < 4.78 is 29.6. The van der Waals surface area contributed by atoms with Crippen molar-refractivity contribution in [2.24, 2.45) is 5.92 Å². The molecule has 1 fully saturated rings. The molecule has 0 bridgehead atoms. The lowest BCUT2D eigenvalue weighted by Gasteiger charge is -2.30. The van der Waals surface area contributed by atoms with Crippen molar-refractivity contribution in [2.45, 2.75) is 12.8 Å². The van der Waals surface area contributed by atoms with Crippen LogP contribution in [0.3, 0.4) is 0 Å². The zero-order valence-corrected chi connectivity index (χ0v) is 12.5. The molecular formula is C14H19NO4S. The van der Waals surface area contributed by atoms with Crippen LogP contribution >= 0.6 is 0 Å². The highest BCUT2D eigenvalue weighted by Gasteiger charge is 2.30. The minimum Gasteiger partial charge on any atom is -0.497 e. The third-order valence-electron chi connectivity index (χ3n) is 3.60. The number of ketones is 1. The van der Waals surface area contributed by atoms with Crippen LogP contribution in [-0.4, -0.2) is 45.0 Å². The van der Waals surface area contributed by atoms with Crippen LogP contribution in [0.15, 0.2) is 24.3 Å². The van der Waals surface area contributed by atoms with Gasteiger partial charge in [0.05, 0.1) is 13.4 Å². The number of benzene rings is 1. The third kappa shape index (κ3) is 3.37. The van der Waals surface area contributed by atoms with E-state index in [9.17, 15) is 13.2 Å². The lowest BCUT2D eigenvalue weighted by atomic mass is 9.91. The largest absolute Gasteiger partial charge is 0.497 e. The lowest BCUT2D eigenvalue weighted by molar-refractivity contribution is 0.0872. The van der Waals surface area contributed by atoms with E-state index in [1.165, 1.54) is 10.6 Å². The summed E-state index contributed by atoms with van der Waals surface area (Å²) in [5.41, 5.74) is 0.603. The number of rotatable bonds is 4. The highest BCUT2D eigenvalue weighted by Crippen LogP contribution is 2.23. The Labute approximate surface area is 119 Å². The van der Waals surface area contributed by atoms with Gasteiger partial charge in [0.25, 0.3) is 0 Å². The smallest absolute Gasteiger partial charge is 0.211 e. The Morgan fingerprint density at radius 3 is 2.50 bits per heavy atom. The highest BCUT2D eigenvalue weighted by molar-refractivity contribution is 7.88. The third-order valence-corrected chi connectivity index (χ3v) is 4.87. The number of methoxy groups -OCH3 is 1. The van der Waals surface area contributed by atoms with Gasteiger partial charge in [-0.05, 0) is 37.1 Å². The van der Waals surface area contributed by atoms with E-state index in [4.69, 9.17) is 4.74 Å². The number of Topliss-reactive ketones (excluding diaryl/α,β-unsaturated/α-hetero) is 1. The second kappa shape index (κ2) is 5.93. The van der Waals surface area contributed by atoms with Gasteiger partial charge in [-0.3, -0.25) is 4.79 Å². The second-order valence-electron chi connectivity index (χ2n) is 5.05. The van der Waals surface area contributed by atoms with Crippen LogP contribution < -0.4 is 4.74 Å². The van der Waals surface area contributed by atoms with E-state index in [0.717, 1.165) is 12.8 Å². The molecule has 0 saturated carbocycles. The molecule has 1 aliphatic heterocycles. The first-order valence-corrected chi connectivity index (χ1v) is 8.40. The summed E-state index contributed by atoms with van der Waals surface area (Å²) in [4.78, 5) is 12.4. The maximum atomic E-state index is 12.4. The lowest BCUT2D eigenvalue weighted by Crippen LogP contribution is -2.41. The molecule has 0 amide bonds. The molecule has 2 rings (SSSR count). The Morgan fingerprint density at radius 2 is 1.95 bits per heavy atom. The fourth-order valence-electron chi connectivity index (χ4n) is 2.45. The van der Waals surface area contributed by atoms with Gasteiger partial charge < -0.3 is 4.74 Å². The SMILES string of the molecule is COc1ccc(C(=O)C2CCCN(S(C)(=O)=O)C2)cc1. The van der Waals surface area contributed by atoms with Gasteiger partial charge in [-0.2, -0.15) is 0 Å². The molecule has 1 aliphatic rings. The fourth-order valence-corrected chi connectivity index (χ4v) is 3.36.